The van der Waals surface area contributed by atoms with Gasteiger partial charge in [-0.1, -0.05) is 71.6 Å². The first-order valence-corrected chi connectivity index (χ1v) is 8.19. The Balaban J connectivity index is 2.17. The summed E-state index contributed by atoms with van der Waals surface area (Å²) in [7, 11) is 0.640. The van der Waals surface area contributed by atoms with Gasteiger partial charge in [0.15, 0.2) is 0 Å². The van der Waals surface area contributed by atoms with Gasteiger partial charge in [-0.15, -0.1) is 0 Å². The van der Waals surface area contributed by atoms with E-state index in [0.29, 0.717) is 16.1 Å². The third-order valence-corrected chi connectivity index (χ3v) is 4.44. The summed E-state index contributed by atoms with van der Waals surface area (Å²) in [4.78, 5) is 0. The summed E-state index contributed by atoms with van der Waals surface area (Å²) in [5, 5.41) is 2.68. The number of benzene rings is 2. The zero-order valence-electron chi connectivity index (χ0n) is 13.0. The van der Waals surface area contributed by atoms with E-state index in [0.717, 1.165) is 0 Å². The lowest BCUT2D eigenvalue weighted by Gasteiger charge is -2.20. The van der Waals surface area contributed by atoms with Gasteiger partial charge in [-0.3, -0.25) is 0 Å². The van der Waals surface area contributed by atoms with Gasteiger partial charge in [0.1, 0.15) is 9.52 Å². The summed E-state index contributed by atoms with van der Waals surface area (Å²) in [5.41, 5.74) is 2.33. The van der Waals surface area contributed by atoms with E-state index in [9.17, 15) is 0 Å². The fourth-order valence-corrected chi connectivity index (χ4v) is 3.19. The van der Waals surface area contributed by atoms with Crippen molar-refractivity contribution in [1.82, 2.24) is 0 Å². The Morgan fingerprint density at radius 1 is 1.10 bits per heavy atom. The van der Waals surface area contributed by atoms with E-state index < -0.39 is 0 Å². The molecule has 2 aromatic rings. The third-order valence-electron chi connectivity index (χ3n) is 3.08. The highest BCUT2D eigenvalue weighted by molar-refractivity contribution is 6.67. The summed E-state index contributed by atoms with van der Waals surface area (Å²) in [6.07, 6.45) is 1.89. The van der Waals surface area contributed by atoms with Crippen molar-refractivity contribution >= 4 is 26.0 Å². The fourth-order valence-electron chi connectivity index (χ4n) is 1.96. The highest BCUT2D eigenvalue weighted by atomic mass is 28.2. The molecule has 0 N–H and O–H groups in total. The van der Waals surface area contributed by atoms with Gasteiger partial charge in [-0.2, -0.15) is 0 Å². The maximum atomic E-state index is 5.93. The first-order chi connectivity index (χ1) is 9.98. The number of hydrogen-bond acceptors (Lipinski definition) is 1. The van der Waals surface area contributed by atoms with Crippen LogP contribution in [0.3, 0.4) is 0 Å². The molecule has 0 aliphatic rings. The molecular weight excluding hydrogens is 272 g/mol. The zero-order valence-corrected chi connectivity index (χ0v) is 14.0. The number of hydrogen-bond donors (Lipinski definition) is 0. The molecule has 1 nitrogen and oxygen atoms in total. The van der Waals surface area contributed by atoms with Crippen LogP contribution in [-0.2, 0) is 11.3 Å². The summed E-state index contributed by atoms with van der Waals surface area (Å²) in [5.74, 6) is 0. The van der Waals surface area contributed by atoms with Gasteiger partial charge in [0, 0.05) is 0 Å². The lowest BCUT2D eigenvalue weighted by molar-refractivity contribution is -0.0146. The summed E-state index contributed by atoms with van der Waals surface area (Å²) < 4.78 is 5.93. The predicted molar refractivity (Wildman–Crippen MR) is 92.5 cm³/mol. The first kappa shape index (κ1) is 15.7. The molecule has 0 fully saturated rings. The van der Waals surface area contributed by atoms with Gasteiger partial charge in [0.2, 0.25) is 0 Å². The van der Waals surface area contributed by atoms with Crippen LogP contribution in [0.5, 0.6) is 0 Å². The number of rotatable bonds is 5. The molecule has 2 heteroatoms. The van der Waals surface area contributed by atoms with E-state index >= 15 is 0 Å². The van der Waals surface area contributed by atoms with Crippen molar-refractivity contribution < 1.29 is 4.74 Å². The van der Waals surface area contributed by atoms with Gasteiger partial charge in [0.25, 0.3) is 0 Å². The molecule has 21 heavy (non-hydrogen) atoms. The maximum absolute atomic E-state index is 5.93. The van der Waals surface area contributed by atoms with Crippen LogP contribution >= 0.6 is 0 Å². The van der Waals surface area contributed by atoms with Gasteiger partial charge in [0.05, 0.1) is 12.2 Å². The molecule has 2 radical (unpaired) electrons. The van der Waals surface area contributed by atoms with Crippen molar-refractivity contribution in [3.63, 3.8) is 0 Å². The van der Waals surface area contributed by atoms with Crippen LogP contribution in [0.1, 0.15) is 31.9 Å². The van der Waals surface area contributed by atoms with Crippen molar-refractivity contribution in [2.75, 3.05) is 0 Å². The van der Waals surface area contributed by atoms with E-state index in [1.165, 1.54) is 21.5 Å². The number of ether oxygens (including phenoxy) is 1. The standard InChI is InChI=1S/C19H22OSi/c1-5-15-9-8-11-17(13-15)21-18-12-7-6-10-16(18)14-20-19(2,3)4/h5-13H,1,14H2,2-4H3. The lowest BCUT2D eigenvalue weighted by atomic mass is 10.2. The van der Waals surface area contributed by atoms with Crippen LogP contribution in [0, 0.1) is 0 Å². The minimum atomic E-state index is -0.112. The van der Waals surface area contributed by atoms with Crippen molar-refractivity contribution in [2.45, 2.75) is 33.0 Å². The van der Waals surface area contributed by atoms with Gasteiger partial charge in [-0.05, 0) is 31.9 Å². The molecule has 0 amide bonds. The Labute approximate surface area is 130 Å². The molecule has 2 aromatic carbocycles. The molecule has 0 aromatic heterocycles. The first-order valence-electron chi connectivity index (χ1n) is 7.19. The van der Waals surface area contributed by atoms with Crippen molar-refractivity contribution in [3.8, 4) is 0 Å². The molecule has 0 atom stereocenters. The minimum absolute atomic E-state index is 0.112. The molecule has 0 unspecified atom stereocenters. The van der Waals surface area contributed by atoms with Crippen LogP contribution in [-0.4, -0.2) is 15.1 Å². The molecule has 0 saturated carbocycles. The quantitative estimate of drug-likeness (QED) is 0.769. The van der Waals surface area contributed by atoms with E-state index in [1.54, 1.807) is 0 Å². The van der Waals surface area contributed by atoms with E-state index in [1.807, 2.05) is 6.08 Å². The molecule has 0 saturated heterocycles. The topological polar surface area (TPSA) is 9.23 Å². The molecule has 108 valence electrons. The lowest BCUT2D eigenvalue weighted by Crippen LogP contribution is -2.31. The largest absolute Gasteiger partial charge is 0.371 e. The highest BCUT2D eigenvalue weighted by Crippen LogP contribution is 2.10. The van der Waals surface area contributed by atoms with Gasteiger partial charge < -0.3 is 4.74 Å². The second-order valence-corrected chi connectivity index (χ2v) is 7.38. The van der Waals surface area contributed by atoms with Crippen LogP contribution in [0.15, 0.2) is 55.1 Å². The van der Waals surface area contributed by atoms with Gasteiger partial charge in [-0.25, -0.2) is 0 Å². The van der Waals surface area contributed by atoms with Crippen LogP contribution in [0.2, 0.25) is 0 Å². The maximum Gasteiger partial charge on any atom is 0.122 e. The summed E-state index contributed by atoms with van der Waals surface area (Å²) >= 11 is 0. The fraction of sp³-hybridized carbons (Fsp3) is 0.263. The molecule has 0 bridgehead atoms. The molecular formula is C19H22OSi. The van der Waals surface area contributed by atoms with Crippen molar-refractivity contribution in [2.24, 2.45) is 0 Å². The highest BCUT2D eigenvalue weighted by Gasteiger charge is 2.12. The van der Waals surface area contributed by atoms with Crippen LogP contribution < -0.4 is 10.4 Å². The smallest absolute Gasteiger partial charge is 0.122 e. The molecule has 0 spiro atoms. The average molecular weight is 294 g/mol. The zero-order chi connectivity index (χ0) is 15.3. The van der Waals surface area contributed by atoms with Gasteiger partial charge >= 0.3 is 0 Å². The Morgan fingerprint density at radius 3 is 2.57 bits per heavy atom. The SMILES string of the molecule is C=Cc1cccc([Si]c2ccccc2COC(C)(C)C)c1. The Bertz CT molecular complexity index is 611. The Morgan fingerprint density at radius 2 is 1.86 bits per heavy atom. The molecule has 2 rings (SSSR count). The average Bonchev–Trinajstić information content (AvgIpc) is 2.46. The summed E-state index contributed by atoms with van der Waals surface area (Å²) in [6.45, 7) is 10.8. The van der Waals surface area contributed by atoms with Crippen LogP contribution in [0.25, 0.3) is 6.08 Å². The Kier molecular flexibility index (Phi) is 5.15. The van der Waals surface area contributed by atoms with Crippen molar-refractivity contribution in [1.29, 1.82) is 0 Å². The monoisotopic (exact) mass is 294 g/mol. The minimum Gasteiger partial charge on any atom is -0.371 e. The second kappa shape index (κ2) is 6.88. The molecule has 0 aliphatic carbocycles. The second-order valence-electron chi connectivity index (χ2n) is 6.01. The Hall–Kier alpha value is -1.64. The van der Waals surface area contributed by atoms with Crippen molar-refractivity contribution in [3.05, 3.63) is 66.2 Å². The van der Waals surface area contributed by atoms with Crippen LogP contribution in [0.4, 0.5) is 0 Å². The normalized spacial score (nSPS) is 11.4. The van der Waals surface area contributed by atoms with E-state index in [2.05, 4.69) is 75.9 Å². The third kappa shape index (κ3) is 4.99. The predicted octanol–water partition coefficient (Wildman–Crippen LogP) is 3.30. The molecule has 0 aliphatic heterocycles. The summed E-state index contributed by atoms with van der Waals surface area (Å²) in [6, 6.07) is 17.1. The molecule has 0 heterocycles. The van der Waals surface area contributed by atoms with E-state index in [-0.39, 0.29) is 5.60 Å². The van der Waals surface area contributed by atoms with E-state index in [4.69, 9.17) is 4.74 Å².